The van der Waals surface area contributed by atoms with E-state index in [1.807, 2.05) is 0 Å². The molecule has 0 amide bonds. The summed E-state index contributed by atoms with van der Waals surface area (Å²) in [4.78, 5) is 21.8. The fraction of sp³-hybridized carbons (Fsp3) is 0.125. The summed E-state index contributed by atoms with van der Waals surface area (Å²) in [6.07, 6.45) is 6.18. The number of thioether (sulfide) groups is 1. The van der Waals surface area contributed by atoms with Gasteiger partial charge in [-0.1, -0.05) is 10.3 Å². The number of thiol groups is 2. The Morgan fingerprint density at radius 2 is 1.69 bits per heavy atom. The third-order valence-corrected chi connectivity index (χ3v) is 5.39. The van der Waals surface area contributed by atoms with Crippen LogP contribution in [0.3, 0.4) is 0 Å². The predicted octanol–water partition coefficient (Wildman–Crippen LogP) is 2.72. The number of hydrogen-bond acceptors (Lipinski definition) is 10. The first-order valence-electron chi connectivity index (χ1n) is 7.19. The minimum absolute atomic E-state index is 0.0814. The first kappa shape index (κ1) is 20.3. The lowest BCUT2D eigenvalue weighted by Crippen LogP contribution is -2.43. The van der Waals surface area contributed by atoms with Gasteiger partial charge in [0.1, 0.15) is 10.5 Å². The summed E-state index contributed by atoms with van der Waals surface area (Å²) in [5, 5.41) is 24.9. The quantitative estimate of drug-likeness (QED) is 0.176. The van der Waals surface area contributed by atoms with Crippen LogP contribution in [0.1, 0.15) is 5.56 Å². The molecule has 2 heterocycles. The maximum atomic E-state index is 13.1. The zero-order chi connectivity index (χ0) is 19.0. The van der Waals surface area contributed by atoms with Crippen molar-refractivity contribution in [1.29, 1.82) is 0 Å². The second-order valence-corrected chi connectivity index (χ2v) is 6.89. The zero-order valence-corrected chi connectivity index (χ0v) is 15.9. The van der Waals surface area contributed by atoms with E-state index in [2.05, 4.69) is 45.5 Å². The van der Waals surface area contributed by atoms with E-state index < -0.39 is 10.5 Å². The molecule has 0 aliphatic carbocycles. The van der Waals surface area contributed by atoms with Gasteiger partial charge in [-0.25, -0.2) is 0 Å². The minimum atomic E-state index is -1.69. The van der Waals surface area contributed by atoms with Gasteiger partial charge < -0.3 is 10.4 Å². The lowest BCUT2D eigenvalue weighted by molar-refractivity contribution is -0.113. The number of Topliss-reactive ketones (excluding diaryl/α,β-unsaturated/α-hetero) is 1. The first-order valence-corrected chi connectivity index (χ1v) is 9.14. The molecule has 10 heteroatoms. The SMILES string of the molecule is O=C(C(CSc1ccncc1)=NO)C(S)(C([CH]S)=NO)c1ccncc1. The van der Waals surface area contributed by atoms with Crippen LogP contribution in [0.2, 0.25) is 0 Å². The summed E-state index contributed by atoms with van der Waals surface area (Å²) in [5.41, 5.74) is 0.138. The molecule has 1 unspecified atom stereocenters. The normalized spacial score (nSPS) is 14.7. The molecule has 0 saturated carbocycles. The van der Waals surface area contributed by atoms with Crippen molar-refractivity contribution in [3.63, 3.8) is 0 Å². The van der Waals surface area contributed by atoms with E-state index in [1.165, 1.54) is 24.2 Å². The minimum Gasteiger partial charge on any atom is -0.411 e. The fourth-order valence-corrected chi connectivity index (χ4v) is 3.66. The Bertz CT molecular complexity index is 803. The van der Waals surface area contributed by atoms with Crippen LogP contribution in [0, 0.1) is 5.75 Å². The van der Waals surface area contributed by atoms with Crippen molar-refractivity contribution in [2.45, 2.75) is 9.64 Å². The molecule has 1 atom stereocenters. The van der Waals surface area contributed by atoms with Crippen molar-refractivity contribution in [1.82, 2.24) is 9.97 Å². The molecule has 0 aromatic carbocycles. The number of carbonyl (C=O) groups is 1. The molecule has 26 heavy (non-hydrogen) atoms. The molecule has 0 bridgehead atoms. The van der Waals surface area contributed by atoms with Crippen LogP contribution in [0.4, 0.5) is 0 Å². The summed E-state index contributed by atoms with van der Waals surface area (Å²) in [5.74, 6) is 0.600. The highest BCUT2D eigenvalue weighted by Gasteiger charge is 2.44. The molecule has 2 rings (SSSR count). The predicted molar refractivity (Wildman–Crippen MR) is 107 cm³/mol. The molecule has 2 aromatic heterocycles. The zero-order valence-electron chi connectivity index (χ0n) is 13.3. The van der Waals surface area contributed by atoms with Gasteiger partial charge in [-0.3, -0.25) is 14.8 Å². The van der Waals surface area contributed by atoms with E-state index >= 15 is 0 Å². The van der Waals surface area contributed by atoms with Gasteiger partial charge in [0.05, 0.1) is 11.5 Å². The number of nitrogens with zero attached hydrogens (tertiary/aromatic N) is 4. The monoisotopic (exact) mass is 407 g/mol. The van der Waals surface area contributed by atoms with Crippen molar-refractivity contribution >= 4 is 54.2 Å². The largest absolute Gasteiger partial charge is 0.411 e. The maximum Gasteiger partial charge on any atom is 0.207 e. The van der Waals surface area contributed by atoms with Gasteiger partial charge in [0.2, 0.25) is 5.78 Å². The van der Waals surface area contributed by atoms with Crippen LogP contribution in [0.5, 0.6) is 0 Å². The Hall–Kier alpha value is -2.04. The lowest BCUT2D eigenvalue weighted by Gasteiger charge is -2.27. The van der Waals surface area contributed by atoms with E-state index in [1.54, 1.807) is 36.7 Å². The van der Waals surface area contributed by atoms with E-state index in [0.29, 0.717) is 5.56 Å². The summed E-state index contributed by atoms with van der Waals surface area (Å²) in [6, 6.07) is 6.64. The van der Waals surface area contributed by atoms with E-state index in [0.717, 1.165) is 10.6 Å². The third-order valence-electron chi connectivity index (χ3n) is 3.44. The van der Waals surface area contributed by atoms with Crippen molar-refractivity contribution in [3.8, 4) is 0 Å². The Balaban J connectivity index is 2.36. The van der Waals surface area contributed by atoms with Gasteiger partial charge in [-0.15, -0.1) is 11.8 Å². The Kier molecular flexibility index (Phi) is 7.49. The van der Waals surface area contributed by atoms with E-state index in [9.17, 15) is 15.2 Å². The number of carbonyl (C=O) groups excluding carboxylic acids is 1. The molecule has 135 valence electrons. The smallest absolute Gasteiger partial charge is 0.207 e. The molecular weight excluding hydrogens is 392 g/mol. The summed E-state index contributed by atoms with van der Waals surface area (Å²) >= 11 is 9.76. The average Bonchev–Trinajstić information content (AvgIpc) is 2.70. The van der Waals surface area contributed by atoms with Crippen LogP contribution >= 0.6 is 37.0 Å². The van der Waals surface area contributed by atoms with E-state index in [-0.39, 0.29) is 17.2 Å². The average molecular weight is 408 g/mol. The molecule has 2 N–H and O–H groups in total. The molecule has 0 aliphatic rings. The van der Waals surface area contributed by atoms with Gasteiger partial charge in [0.15, 0.2) is 0 Å². The standard InChI is InChI=1S/C16H15N4O3S3/c21-15(13(19-22)10-26-12-3-7-18-8-4-12)16(25,14(9-24)20-23)11-1-5-17-6-2-11/h1-9,22-25H,10H2. The Labute approximate surface area is 165 Å². The maximum absolute atomic E-state index is 13.1. The molecular formula is C16H15N4O3S3. The topological polar surface area (TPSA) is 108 Å². The number of ketones is 1. The Morgan fingerprint density at radius 1 is 1.12 bits per heavy atom. The van der Waals surface area contributed by atoms with E-state index in [4.69, 9.17) is 0 Å². The van der Waals surface area contributed by atoms with Gasteiger partial charge in [-0.2, -0.15) is 25.3 Å². The highest BCUT2D eigenvalue weighted by atomic mass is 32.2. The number of aromatic nitrogens is 2. The number of oxime groups is 2. The summed E-state index contributed by atoms with van der Waals surface area (Å²) < 4.78 is -1.69. The van der Waals surface area contributed by atoms with Crippen LogP contribution in [0.25, 0.3) is 0 Å². The van der Waals surface area contributed by atoms with Crippen molar-refractivity contribution < 1.29 is 15.2 Å². The van der Waals surface area contributed by atoms with Crippen molar-refractivity contribution in [3.05, 3.63) is 60.4 Å². The molecule has 0 saturated heterocycles. The second-order valence-electron chi connectivity index (χ2n) is 4.91. The van der Waals surface area contributed by atoms with Crippen molar-refractivity contribution in [2.24, 2.45) is 10.3 Å². The molecule has 1 radical (unpaired) electrons. The van der Waals surface area contributed by atoms with Crippen LogP contribution in [-0.4, -0.2) is 43.3 Å². The summed E-state index contributed by atoms with van der Waals surface area (Å²) in [7, 11) is 0. The van der Waals surface area contributed by atoms with Gasteiger partial charge in [0.25, 0.3) is 0 Å². The number of rotatable bonds is 8. The third kappa shape index (κ3) is 4.37. The molecule has 0 spiro atoms. The summed E-state index contributed by atoms with van der Waals surface area (Å²) in [6.45, 7) is 0. The molecule has 0 aliphatic heterocycles. The van der Waals surface area contributed by atoms with Crippen LogP contribution in [0.15, 0.2) is 64.3 Å². The fourth-order valence-electron chi connectivity index (χ4n) is 2.11. The number of pyridine rings is 2. The second kappa shape index (κ2) is 9.60. The van der Waals surface area contributed by atoms with Gasteiger partial charge in [0, 0.05) is 35.4 Å². The Morgan fingerprint density at radius 3 is 2.19 bits per heavy atom. The highest BCUT2D eigenvalue weighted by Crippen LogP contribution is 2.34. The number of hydrogen-bond donors (Lipinski definition) is 4. The van der Waals surface area contributed by atoms with Crippen LogP contribution in [-0.2, 0) is 9.54 Å². The molecule has 7 nitrogen and oxygen atoms in total. The molecule has 0 fully saturated rings. The first-order chi connectivity index (χ1) is 12.6. The highest BCUT2D eigenvalue weighted by molar-refractivity contribution is 8.00. The van der Waals surface area contributed by atoms with Crippen LogP contribution < -0.4 is 0 Å². The van der Waals surface area contributed by atoms with Gasteiger partial charge >= 0.3 is 0 Å². The van der Waals surface area contributed by atoms with Crippen molar-refractivity contribution in [2.75, 3.05) is 5.75 Å². The molecule has 2 aromatic rings. The van der Waals surface area contributed by atoms with Gasteiger partial charge in [-0.05, 0) is 29.8 Å². The lowest BCUT2D eigenvalue weighted by atomic mass is 9.88.